The van der Waals surface area contributed by atoms with Crippen molar-refractivity contribution in [2.45, 2.75) is 44.8 Å². The molecule has 0 unspecified atom stereocenters. The molecule has 0 bridgehead atoms. The zero-order valence-corrected chi connectivity index (χ0v) is 13.3. The number of hydrogen-bond acceptors (Lipinski definition) is 4. The molecule has 0 aromatic carbocycles. The summed E-state index contributed by atoms with van der Waals surface area (Å²) >= 11 is 0. The summed E-state index contributed by atoms with van der Waals surface area (Å²) in [7, 11) is 0. The molecule has 2 fully saturated rings. The number of imidazole rings is 1. The molecule has 0 atom stereocenters. The highest BCUT2D eigenvalue weighted by Gasteiger charge is 2.26. The lowest BCUT2D eigenvalue weighted by Gasteiger charge is -2.32. The number of aromatic nitrogens is 4. The number of likely N-dealkylation sites (tertiary alicyclic amines) is 1. The highest BCUT2D eigenvalue weighted by molar-refractivity contribution is 5.03. The van der Waals surface area contributed by atoms with E-state index in [9.17, 15) is 4.79 Å². The third-order valence-electron chi connectivity index (χ3n) is 5.03. The van der Waals surface area contributed by atoms with Crippen molar-refractivity contribution in [3.05, 3.63) is 47.2 Å². The van der Waals surface area contributed by atoms with Crippen LogP contribution < -0.4 is 5.56 Å². The van der Waals surface area contributed by atoms with E-state index in [1.807, 2.05) is 12.5 Å². The maximum absolute atomic E-state index is 11.8. The zero-order valence-electron chi connectivity index (χ0n) is 13.3. The van der Waals surface area contributed by atoms with Crippen molar-refractivity contribution in [2.24, 2.45) is 5.92 Å². The van der Waals surface area contributed by atoms with Gasteiger partial charge in [0.25, 0.3) is 5.56 Å². The largest absolute Gasteiger partial charge is 0.330 e. The first-order valence-electron chi connectivity index (χ1n) is 8.53. The summed E-state index contributed by atoms with van der Waals surface area (Å²) in [6.07, 6.45) is 12.1. The van der Waals surface area contributed by atoms with Gasteiger partial charge in [0.15, 0.2) is 0 Å². The monoisotopic (exact) mass is 313 g/mol. The molecule has 3 heterocycles. The second kappa shape index (κ2) is 6.28. The Balaban J connectivity index is 1.31. The Labute approximate surface area is 135 Å². The summed E-state index contributed by atoms with van der Waals surface area (Å²) in [5.41, 5.74) is 1.39. The van der Waals surface area contributed by atoms with Gasteiger partial charge in [-0.25, -0.2) is 9.97 Å². The minimum absolute atomic E-state index is 0.0516. The van der Waals surface area contributed by atoms with E-state index in [-0.39, 0.29) is 5.56 Å². The molecule has 2 aliphatic rings. The maximum atomic E-state index is 11.8. The van der Waals surface area contributed by atoms with Crippen LogP contribution in [0.5, 0.6) is 0 Å². The Morgan fingerprint density at radius 3 is 2.65 bits per heavy atom. The predicted molar refractivity (Wildman–Crippen MR) is 87.0 cm³/mol. The standard InChI is InChI=1S/C17H23N5O/c23-17-3-6-18-12-21(17)10-14-4-7-20(8-5-14)11-16-9-19-13-22(16)15-1-2-15/h3,6,9,12-15H,1-2,4-5,7-8,10-11H2. The van der Waals surface area contributed by atoms with Crippen LogP contribution in [0.1, 0.15) is 37.4 Å². The summed E-state index contributed by atoms with van der Waals surface area (Å²) in [6, 6.07) is 2.23. The zero-order chi connectivity index (χ0) is 15.6. The molecule has 6 heteroatoms. The second-order valence-electron chi connectivity index (χ2n) is 6.81. The number of hydrogen-bond donors (Lipinski definition) is 0. The van der Waals surface area contributed by atoms with E-state index in [0.717, 1.165) is 39.0 Å². The highest BCUT2D eigenvalue weighted by Crippen LogP contribution is 2.36. The van der Waals surface area contributed by atoms with Crippen LogP contribution in [-0.2, 0) is 13.1 Å². The first-order valence-corrected chi connectivity index (χ1v) is 8.53. The van der Waals surface area contributed by atoms with Crippen LogP contribution in [0.15, 0.2) is 35.9 Å². The van der Waals surface area contributed by atoms with Crippen LogP contribution in [-0.4, -0.2) is 37.1 Å². The summed E-state index contributed by atoms with van der Waals surface area (Å²) < 4.78 is 4.09. The lowest BCUT2D eigenvalue weighted by molar-refractivity contribution is 0.163. The van der Waals surface area contributed by atoms with Gasteiger partial charge < -0.3 is 4.57 Å². The van der Waals surface area contributed by atoms with Crippen molar-refractivity contribution in [2.75, 3.05) is 13.1 Å². The van der Waals surface area contributed by atoms with Crippen molar-refractivity contribution in [3.63, 3.8) is 0 Å². The van der Waals surface area contributed by atoms with Crippen molar-refractivity contribution >= 4 is 0 Å². The van der Waals surface area contributed by atoms with Gasteiger partial charge >= 0.3 is 0 Å². The molecule has 0 radical (unpaired) electrons. The first-order chi connectivity index (χ1) is 11.3. The van der Waals surface area contributed by atoms with E-state index >= 15 is 0 Å². The van der Waals surface area contributed by atoms with E-state index in [1.54, 1.807) is 17.1 Å². The van der Waals surface area contributed by atoms with Crippen LogP contribution in [0.25, 0.3) is 0 Å². The molecule has 0 amide bonds. The Morgan fingerprint density at radius 1 is 1.09 bits per heavy atom. The number of piperidine rings is 1. The van der Waals surface area contributed by atoms with E-state index in [2.05, 4.69) is 19.4 Å². The molecule has 2 aromatic rings. The third kappa shape index (κ3) is 3.37. The number of rotatable bonds is 5. The lowest BCUT2D eigenvalue weighted by Crippen LogP contribution is -2.36. The van der Waals surface area contributed by atoms with Gasteiger partial charge in [0, 0.05) is 37.6 Å². The molecule has 1 aliphatic carbocycles. The van der Waals surface area contributed by atoms with Crippen LogP contribution in [0.2, 0.25) is 0 Å². The van der Waals surface area contributed by atoms with Crippen molar-refractivity contribution < 1.29 is 0 Å². The Morgan fingerprint density at radius 2 is 1.91 bits per heavy atom. The van der Waals surface area contributed by atoms with E-state index in [1.165, 1.54) is 24.6 Å². The summed E-state index contributed by atoms with van der Waals surface area (Å²) in [5.74, 6) is 0.571. The molecule has 0 spiro atoms. The molecule has 23 heavy (non-hydrogen) atoms. The van der Waals surface area contributed by atoms with Crippen LogP contribution in [0.4, 0.5) is 0 Å². The van der Waals surface area contributed by atoms with Gasteiger partial charge in [-0.15, -0.1) is 0 Å². The molecule has 122 valence electrons. The average Bonchev–Trinajstić information content (AvgIpc) is 3.31. The Hall–Kier alpha value is -1.95. The normalized spacial score (nSPS) is 20.0. The average molecular weight is 313 g/mol. The molecule has 1 saturated heterocycles. The van der Waals surface area contributed by atoms with Crippen molar-refractivity contribution in [3.8, 4) is 0 Å². The third-order valence-corrected chi connectivity index (χ3v) is 5.03. The molecule has 6 nitrogen and oxygen atoms in total. The van der Waals surface area contributed by atoms with Gasteiger partial charge in [-0.2, -0.15) is 0 Å². The second-order valence-corrected chi connectivity index (χ2v) is 6.81. The van der Waals surface area contributed by atoms with Gasteiger partial charge in [0.2, 0.25) is 0 Å². The minimum Gasteiger partial charge on any atom is -0.330 e. The molecule has 1 aliphatic heterocycles. The highest BCUT2D eigenvalue weighted by atomic mass is 16.1. The quantitative estimate of drug-likeness (QED) is 0.843. The van der Waals surface area contributed by atoms with E-state index in [0.29, 0.717) is 12.0 Å². The number of nitrogens with zero attached hydrogens (tertiary/aromatic N) is 5. The molecule has 0 N–H and O–H groups in total. The topological polar surface area (TPSA) is 56.0 Å². The Kier molecular flexibility index (Phi) is 3.99. The molecular weight excluding hydrogens is 290 g/mol. The van der Waals surface area contributed by atoms with Crippen LogP contribution in [0.3, 0.4) is 0 Å². The molecular formula is C17H23N5O. The van der Waals surface area contributed by atoms with Crippen molar-refractivity contribution in [1.29, 1.82) is 0 Å². The summed E-state index contributed by atoms with van der Waals surface area (Å²) in [5, 5.41) is 0. The SMILES string of the molecule is O=c1ccncn1CC1CCN(Cc2cncn2C2CC2)CC1. The lowest BCUT2D eigenvalue weighted by atomic mass is 9.96. The minimum atomic E-state index is 0.0516. The fourth-order valence-electron chi connectivity index (χ4n) is 3.49. The van der Waals surface area contributed by atoms with E-state index < -0.39 is 0 Å². The van der Waals surface area contributed by atoms with Gasteiger partial charge in [-0.1, -0.05) is 0 Å². The predicted octanol–water partition coefficient (Wildman–Crippen LogP) is 1.69. The van der Waals surface area contributed by atoms with E-state index in [4.69, 9.17) is 0 Å². The van der Waals surface area contributed by atoms with Gasteiger partial charge in [0.1, 0.15) is 0 Å². The van der Waals surface area contributed by atoms with Crippen LogP contribution in [0, 0.1) is 5.92 Å². The van der Waals surface area contributed by atoms with Gasteiger partial charge in [0.05, 0.1) is 18.3 Å². The summed E-state index contributed by atoms with van der Waals surface area (Å²) in [4.78, 5) is 22.7. The molecule has 4 rings (SSSR count). The van der Waals surface area contributed by atoms with Gasteiger partial charge in [-0.05, 0) is 44.7 Å². The van der Waals surface area contributed by atoms with Crippen LogP contribution >= 0.6 is 0 Å². The summed E-state index contributed by atoms with van der Waals surface area (Å²) in [6.45, 7) is 3.97. The maximum Gasteiger partial charge on any atom is 0.253 e. The first kappa shape index (κ1) is 14.6. The van der Waals surface area contributed by atoms with Gasteiger partial charge in [-0.3, -0.25) is 14.3 Å². The fraction of sp³-hybridized carbons (Fsp3) is 0.588. The molecule has 1 saturated carbocycles. The Bertz CT molecular complexity index is 710. The fourth-order valence-corrected chi connectivity index (χ4v) is 3.49. The molecule has 2 aromatic heterocycles. The van der Waals surface area contributed by atoms with Crippen molar-refractivity contribution in [1.82, 2.24) is 24.0 Å². The smallest absolute Gasteiger partial charge is 0.253 e.